The number of rotatable bonds is 8. The summed E-state index contributed by atoms with van der Waals surface area (Å²) in [5, 5.41) is 10.8. The van der Waals surface area contributed by atoms with Gasteiger partial charge in [0, 0.05) is 32.7 Å². The van der Waals surface area contributed by atoms with E-state index in [-0.39, 0.29) is 6.04 Å². The Balaban J connectivity index is 1.22. The van der Waals surface area contributed by atoms with Crippen molar-refractivity contribution in [3.63, 3.8) is 0 Å². The van der Waals surface area contributed by atoms with Crippen molar-refractivity contribution >= 4 is 11.2 Å². The van der Waals surface area contributed by atoms with Crippen molar-refractivity contribution in [2.24, 2.45) is 0 Å². The number of piperazine rings is 1. The first kappa shape index (κ1) is 22.5. The standard InChI is InChI=1S/C26H30N6O2/c1-34-26-23-25(27-18-28-26)32(19-29-23)17-22(33)16-30-12-14-31(15-13-30)24(20-8-4-2-5-9-20)21-10-6-3-7-11-21/h2-11,18-19,22,24,33H,12-17H2,1H3/t22-/m0/s1. The third-order valence-corrected chi connectivity index (χ3v) is 6.44. The van der Waals surface area contributed by atoms with Gasteiger partial charge in [0.05, 0.1) is 32.1 Å². The van der Waals surface area contributed by atoms with Crippen LogP contribution in [-0.4, -0.2) is 80.4 Å². The molecule has 0 amide bonds. The first-order valence-corrected chi connectivity index (χ1v) is 11.7. The van der Waals surface area contributed by atoms with Gasteiger partial charge in [-0.3, -0.25) is 9.80 Å². The van der Waals surface area contributed by atoms with Gasteiger partial charge in [-0.25, -0.2) is 9.97 Å². The molecule has 0 bridgehead atoms. The van der Waals surface area contributed by atoms with Crippen molar-refractivity contribution < 1.29 is 9.84 Å². The van der Waals surface area contributed by atoms with Crippen molar-refractivity contribution in [3.05, 3.63) is 84.4 Å². The number of methoxy groups -OCH3 is 1. The van der Waals surface area contributed by atoms with Crippen LogP contribution < -0.4 is 4.74 Å². The van der Waals surface area contributed by atoms with E-state index in [1.54, 1.807) is 13.4 Å². The van der Waals surface area contributed by atoms with Gasteiger partial charge in [-0.05, 0) is 11.1 Å². The van der Waals surface area contributed by atoms with Crippen LogP contribution in [-0.2, 0) is 6.54 Å². The molecule has 1 aliphatic heterocycles. The maximum atomic E-state index is 10.8. The minimum Gasteiger partial charge on any atom is -0.479 e. The van der Waals surface area contributed by atoms with E-state index in [0.29, 0.717) is 30.1 Å². The van der Waals surface area contributed by atoms with Crippen molar-refractivity contribution in [2.45, 2.75) is 18.7 Å². The van der Waals surface area contributed by atoms with Gasteiger partial charge >= 0.3 is 0 Å². The van der Waals surface area contributed by atoms with Crippen LogP contribution in [0.1, 0.15) is 17.2 Å². The lowest BCUT2D eigenvalue weighted by Crippen LogP contribution is -2.50. The molecule has 1 atom stereocenters. The fourth-order valence-electron chi connectivity index (χ4n) is 4.81. The van der Waals surface area contributed by atoms with Crippen LogP contribution in [0.4, 0.5) is 0 Å². The second-order valence-electron chi connectivity index (χ2n) is 8.67. The van der Waals surface area contributed by atoms with Crippen LogP contribution >= 0.6 is 0 Å². The van der Waals surface area contributed by atoms with E-state index in [2.05, 4.69) is 85.4 Å². The number of aromatic nitrogens is 4. The SMILES string of the molecule is COc1ncnc2c1ncn2C[C@@H](O)CN1CCN(C(c2ccccc2)c2ccccc2)CC1. The Morgan fingerprint density at radius 3 is 2.12 bits per heavy atom. The number of imidazole rings is 1. The molecule has 3 heterocycles. The molecule has 8 heteroatoms. The Hall–Kier alpha value is -3.33. The van der Waals surface area contributed by atoms with Crippen molar-refractivity contribution in [3.8, 4) is 5.88 Å². The number of hydrogen-bond donors (Lipinski definition) is 1. The van der Waals surface area contributed by atoms with E-state index in [9.17, 15) is 5.11 Å². The molecule has 0 aliphatic carbocycles. The highest BCUT2D eigenvalue weighted by molar-refractivity contribution is 5.75. The lowest BCUT2D eigenvalue weighted by molar-refractivity contribution is 0.0560. The molecule has 1 N–H and O–H groups in total. The predicted octanol–water partition coefficient (Wildman–Crippen LogP) is 2.60. The number of nitrogens with zero attached hydrogens (tertiary/aromatic N) is 6. The fourth-order valence-corrected chi connectivity index (χ4v) is 4.81. The lowest BCUT2D eigenvalue weighted by Gasteiger charge is -2.40. The summed E-state index contributed by atoms with van der Waals surface area (Å²) in [6.45, 7) is 4.74. The van der Waals surface area contributed by atoms with Crippen LogP contribution in [0, 0.1) is 0 Å². The molecule has 0 saturated carbocycles. The Kier molecular flexibility index (Phi) is 6.80. The summed E-state index contributed by atoms with van der Waals surface area (Å²) in [5.74, 6) is 0.445. The third-order valence-electron chi connectivity index (χ3n) is 6.44. The quantitative estimate of drug-likeness (QED) is 0.435. The van der Waals surface area contributed by atoms with Gasteiger partial charge in [0.2, 0.25) is 5.88 Å². The lowest BCUT2D eigenvalue weighted by atomic mass is 9.96. The van der Waals surface area contributed by atoms with Gasteiger partial charge < -0.3 is 14.4 Å². The van der Waals surface area contributed by atoms with Gasteiger partial charge in [0.15, 0.2) is 11.2 Å². The number of β-amino-alcohol motifs (C(OH)–C–C–N with tert-alkyl or cyclic N) is 1. The summed E-state index contributed by atoms with van der Waals surface area (Å²) in [4.78, 5) is 17.6. The zero-order valence-corrected chi connectivity index (χ0v) is 19.4. The average molecular weight is 459 g/mol. The maximum absolute atomic E-state index is 10.8. The fraction of sp³-hybridized carbons (Fsp3) is 0.346. The predicted molar refractivity (Wildman–Crippen MR) is 131 cm³/mol. The minimum absolute atomic E-state index is 0.237. The highest BCUT2D eigenvalue weighted by Crippen LogP contribution is 2.29. The summed E-state index contributed by atoms with van der Waals surface area (Å²) >= 11 is 0. The van der Waals surface area contributed by atoms with E-state index < -0.39 is 6.10 Å². The van der Waals surface area contributed by atoms with Gasteiger partial charge in [-0.15, -0.1) is 0 Å². The molecule has 5 rings (SSSR count). The summed E-state index contributed by atoms with van der Waals surface area (Å²) in [7, 11) is 1.56. The van der Waals surface area contributed by atoms with Crippen LogP contribution in [0.25, 0.3) is 11.2 Å². The molecule has 1 fully saturated rings. The van der Waals surface area contributed by atoms with Crippen LogP contribution in [0.3, 0.4) is 0 Å². The zero-order valence-electron chi connectivity index (χ0n) is 19.4. The van der Waals surface area contributed by atoms with Gasteiger partial charge in [-0.2, -0.15) is 4.98 Å². The van der Waals surface area contributed by atoms with E-state index in [4.69, 9.17) is 4.74 Å². The Morgan fingerprint density at radius 1 is 0.853 bits per heavy atom. The topological polar surface area (TPSA) is 79.5 Å². The largest absolute Gasteiger partial charge is 0.479 e. The van der Waals surface area contributed by atoms with Gasteiger partial charge in [0.1, 0.15) is 6.33 Å². The highest BCUT2D eigenvalue weighted by atomic mass is 16.5. The summed E-state index contributed by atoms with van der Waals surface area (Å²) < 4.78 is 7.12. The minimum atomic E-state index is -0.524. The molecule has 2 aromatic carbocycles. The molecule has 34 heavy (non-hydrogen) atoms. The molecular weight excluding hydrogens is 428 g/mol. The molecule has 2 aromatic heterocycles. The Bertz CT molecular complexity index is 1150. The molecule has 1 saturated heterocycles. The molecule has 0 unspecified atom stereocenters. The molecule has 4 aromatic rings. The smallest absolute Gasteiger partial charge is 0.245 e. The second kappa shape index (κ2) is 10.3. The zero-order chi connectivity index (χ0) is 23.3. The number of hydrogen-bond acceptors (Lipinski definition) is 7. The van der Waals surface area contributed by atoms with E-state index in [1.165, 1.54) is 17.5 Å². The highest BCUT2D eigenvalue weighted by Gasteiger charge is 2.27. The van der Waals surface area contributed by atoms with E-state index in [0.717, 1.165) is 26.2 Å². The Morgan fingerprint density at radius 2 is 1.50 bits per heavy atom. The van der Waals surface area contributed by atoms with Gasteiger partial charge in [0.25, 0.3) is 0 Å². The number of aliphatic hydroxyl groups is 1. The molecule has 8 nitrogen and oxygen atoms in total. The summed E-state index contributed by atoms with van der Waals surface area (Å²) in [6, 6.07) is 21.6. The summed E-state index contributed by atoms with van der Waals surface area (Å²) in [5.41, 5.74) is 3.90. The van der Waals surface area contributed by atoms with Crippen LogP contribution in [0.15, 0.2) is 73.3 Å². The molecule has 0 spiro atoms. The van der Waals surface area contributed by atoms with Gasteiger partial charge in [-0.1, -0.05) is 60.7 Å². The van der Waals surface area contributed by atoms with E-state index in [1.807, 2.05) is 4.57 Å². The number of fused-ring (bicyclic) bond motifs is 1. The van der Waals surface area contributed by atoms with E-state index >= 15 is 0 Å². The molecule has 176 valence electrons. The number of benzene rings is 2. The molecular formula is C26H30N6O2. The van der Waals surface area contributed by atoms with Crippen molar-refractivity contribution in [1.82, 2.24) is 29.3 Å². The third kappa shape index (κ3) is 4.79. The Labute approximate surface area is 199 Å². The molecule has 1 aliphatic rings. The maximum Gasteiger partial charge on any atom is 0.245 e. The van der Waals surface area contributed by atoms with Crippen molar-refractivity contribution in [2.75, 3.05) is 39.8 Å². The average Bonchev–Trinajstić information content (AvgIpc) is 3.29. The normalized spacial score (nSPS) is 16.2. The monoisotopic (exact) mass is 458 g/mol. The second-order valence-corrected chi connectivity index (χ2v) is 8.67. The summed E-state index contributed by atoms with van der Waals surface area (Å²) in [6.07, 6.45) is 2.62. The van der Waals surface area contributed by atoms with Crippen molar-refractivity contribution in [1.29, 1.82) is 0 Å². The van der Waals surface area contributed by atoms with Crippen LogP contribution in [0.5, 0.6) is 5.88 Å². The first-order valence-electron chi connectivity index (χ1n) is 11.7. The van der Waals surface area contributed by atoms with Crippen LogP contribution in [0.2, 0.25) is 0 Å². The number of ether oxygens (including phenoxy) is 1. The first-order chi connectivity index (χ1) is 16.7. The number of aliphatic hydroxyl groups excluding tert-OH is 1. The molecule has 0 radical (unpaired) electrons.